The Kier molecular flexibility index (Phi) is 5.70. The number of allylic oxidation sites excluding steroid dienone is 1. The van der Waals surface area contributed by atoms with E-state index < -0.39 is 5.91 Å². The van der Waals surface area contributed by atoms with Crippen LogP contribution in [0.15, 0.2) is 22.4 Å². The highest BCUT2D eigenvalue weighted by Crippen LogP contribution is 2.20. The maximum atomic E-state index is 11.9. The van der Waals surface area contributed by atoms with Crippen molar-refractivity contribution in [2.24, 2.45) is 0 Å². The molecular formula is C16H21N3O4. The van der Waals surface area contributed by atoms with Gasteiger partial charge in [-0.25, -0.2) is 0 Å². The van der Waals surface area contributed by atoms with E-state index in [0.717, 1.165) is 30.5 Å². The summed E-state index contributed by atoms with van der Waals surface area (Å²) >= 11 is 0. The second-order valence-corrected chi connectivity index (χ2v) is 5.26. The van der Waals surface area contributed by atoms with Gasteiger partial charge in [-0.2, -0.15) is 4.74 Å². The molecule has 0 radical (unpaired) electrons. The smallest absolute Gasteiger partial charge is 0.317 e. The summed E-state index contributed by atoms with van der Waals surface area (Å²) in [5.41, 5.74) is 2.18. The Balaban J connectivity index is 2.03. The predicted molar refractivity (Wildman–Crippen MR) is 85.7 cm³/mol. The number of aliphatic hydroxyl groups excluding tert-OH is 1. The van der Waals surface area contributed by atoms with Crippen LogP contribution in [-0.2, 0) is 11.2 Å². The molecule has 7 nitrogen and oxygen atoms in total. The number of carbonyl (C=O) groups is 1. The van der Waals surface area contributed by atoms with Crippen LogP contribution in [0, 0.1) is 12.1 Å². The Morgan fingerprint density at radius 2 is 2.30 bits per heavy atom. The number of rotatable bonds is 8. The third-order valence-corrected chi connectivity index (χ3v) is 3.54. The number of unbranched alkanes of at least 4 members (excludes halogenated alkanes) is 1. The van der Waals surface area contributed by atoms with Crippen LogP contribution in [0.5, 0.6) is 0 Å². The highest BCUT2D eigenvalue weighted by atomic mass is 16.5. The Morgan fingerprint density at radius 1 is 1.52 bits per heavy atom. The number of nitrogens with zero attached hydrogens (tertiary/aromatic N) is 2. The van der Waals surface area contributed by atoms with E-state index in [9.17, 15) is 10.0 Å². The number of aromatic nitrogens is 1. The van der Waals surface area contributed by atoms with Crippen molar-refractivity contribution in [3.63, 3.8) is 0 Å². The van der Waals surface area contributed by atoms with Gasteiger partial charge in [0.2, 0.25) is 5.70 Å². The first-order valence-electron chi connectivity index (χ1n) is 7.66. The standard InChI is InChI=1S/C16H21N3O4/c1-3-4-5-14-13(11(2)23-18-14)7-6-12-10-15(19(12)22)16(21)17-8-9-20/h6-7,10,20H,3-5,8-9H2,1-2H3,(H,17,21)/b7-6+. The van der Waals surface area contributed by atoms with Crippen molar-refractivity contribution < 1.29 is 19.2 Å². The van der Waals surface area contributed by atoms with E-state index in [0.29, 0.717) is 16.2 Å². The molecule has 2 rings (SSSR count). The molecule has 0 saturated carbocycles. The molecule has 1 aromatic heterocycles. The van der Waals surface area contributed by atoms with E-state index >= 15 is 0 Å². The number of nitrogens with one attached hydrogen (secondary N) is 1. The number of hydrogen-bond donors (Lipinski definition) is 2. The molecule has 1 aliphatic rings. The molecule has 1 amide bonds. The number of aryl methyl sites for hydroxylation is 2. The molecule has 23 heavy (non-hydrogen) atoms. The minimum Gasteiger partial charge on any atom is -0.618 e. The van der Waals surface area contributed by atoms with E-state index in [-0.39, 0.29) is 18.9 Å². The molecule has 1 aliphatic heterocycles. The van der Waals surface area contributed by atoms with Gasteiger partial charge in [0.15, 0.2) is 0 Å². The lowest BCUT2D eigenvalue weighted by Gasteiger charge is -2.14. The van der Waals surface area contributed by atoms with Gasteiger partial charge in [-0.05, 0) is 25.8 Å². The highest BCUT2D eigenvalue weighted by molar-refractivity contribution is 6.42. The monoisotopic (exact) mass is 319 g/mol. The van der Waals surface area contributed by atoms with E-state index in [4.69, 9.17) is 9.63 Å². The average molecular weight is 319 g/mol. The first-order chi connectivity index (χ1) is 11.1. The summed E-state index contributed by atoms with van der Waals surface area (Å²) in [6, 6.07) is 0. The van der Waals surface area contributed by atoms with E-state index in [2.05, 4.69) is 17.4 Å². The van der Waals surface area contributed by atoms with E-state index in [1.807, 2.05) is 6.92 Å². The molecule has 2 heterocycles. The van der Waals surface area contributed by atoms with Gasteiger partial charge in [0.25, 0.3) is 5.71 Å². The number of carbonyl (C=O) groups excluding carboxylic acids is 1. The Hall–Kier alpha value is -2.41. The minimum absolute atomic E-state index is 0.0337. The summed E-state index contributed by atoms with van der Waals surface area (Å²) in [6.45, 7) is 3.89. The molecule has 0 saturated heterocycles. The second-order valence-electron chi connectivity index (χ2n) is 5.26. The van der Waals surface area contributed by atoms with Crippen LogP contribution in [0.4, 0.5) is 0 Å². The van der Waals surface area contributed by atoms with Crippen molar-refractivity contribution in [2.45, 2.75) is 33.1 Å². The quantitative estimate of drug-likeness (QED) is 0.555. The molecule has 0 spiro atoms. The average Bonchev–Trinajstić information content (AvgIpc) is 2.89. The molecular weight excluding hydrogens is 298 g/mol. The first-order valence-corrected chi connectivity index (χ1v) is 7.66. The van der Waals surface area contributed by atoms with Crippen molar-refractivity contribution in [2.75, 3.05) is 13.2 Å². The summed E-state index contributed by atoms with van der Waals surface area (Å²) in [5.74, 6) is 0.214. The summed E-state index contributed by atoms with van der Waals surface area (Å²) in [6.07, 6.45) is 7.85. The Bertz CT molecular complexity index is 671. The van der Waals surface area contributed by atoms with Crippen molar-refractivity contribution in [1.29, 1.82) is 0 Å². The van der Waals surface area contributed by atoms with Gasteiger partial charge < -0.3 is 20.2 Å². The molecule has 7 heteroatoms. The lowest BCUT2D eigenvalue weighted by atomic mass is 10.1. The summed E-state index contributed by atoms with van der Waals surface area (Å²) < 4.78 is 5.77. The van der Waals surface area contributed by atoms with Gasteiger partial charge in [-0.15, -0.1) is 0 Å². The summed E-state index contributed by atoms with van der Waals surface area (Å²) in [5, 5.41) is 27.0. The largest absolute Gasteiger partial charge is 0.618 e. The number of aliphatic hydroxyl groups is 1. The van der Waals surface area contributed by atoms with Crippen molar-refractivity contribution in [1.82, 2.24) is 10.5 Å². The van der Waals surface area contributed by atoms with Crippen LogP contribution < -0.4 is 5.32 Å². The first kappa shape index (κ1) is 17.0. The topological polar surface area (TPSA) is 101 Å². The Morgan fingerprint density at radius 3 is 2.96 bits per heavy atom. The molecule has 0 unspecified atom stereocenters. The molecule has 0 bridgehead atoms. The molecule has 0 fully saturated rings. The number of hydrogen-bond acceptors (Lipinski definition) is 5. The van der Waals surface area contributed by atoms with Crippen molar-refractivity contribution in [3.05, 3.63) is 40.1 Å². The Labute approximate surface area is 134 Å². The lowest BCUT2D eigenvalue weighted by molar-refractivity contribution is -0.405. The fraction of sp³-hybridized carbons (Fsp3) is 0.438. The zero-order chi connectivity index (χ0) is 16.8. The molecule has 0 atom stereocenters. The van der Waals surface area contributed by atoms with Gasteiger partial charge in [0, 0.05) is 18.2 Å². The summed E-state index contributed by atoms with van der Waals surface area (Å²) in [7, 11) is 0. The van der Waals surface area contributed by atoms with Gasteiger partial charge >= 0.3 is 5.91 Å². The fourth-order valence-electron chi connectivity index (χ4n) is 2.20. The van der Waals surface area contributed by atoms with Crippen molar-refractivity contribution >= 4 is 17.7 Å². The zero-order valence-corrected chi connectivity index (χ0v) is 13.3. The van der Waals surface area contributed by atoms with Crippen LogP contribution in [0.3, 0.4) is 0 Å². The van der Waals surface area contributed by atoms with E-state index in [1.165, 1.54) is 6.08 Å². The minimum atomic E-state index is -0.490. The number of amides is 1. The van der Waals surface area contributed by atoms with Gasteiger partial charge in [0.05, 0.1) is 18.4 Å². The third kappa shape index (κ3) is 3.87. The molecule has 124 valence electrons. The van der Waals surface area contributed by atoms with E-state index in [1.54, 1.807) is 12.2 Å². The van der Waals surface area contributed by atoms with Crippen molar-refractivity contribution in [3.8, 4) is 0 Å². The molecule has 2 N–H and O–H groups in total. The second kappa shape index (κ2) is 7.73. The molecule has 1 aromatic rings. The van der Waals surface area contributed by atoms with Crippen LogP contribution in [-0.4, -0.2) is 39.8 Å². The van der Waals surface area contributed by atoms with Gasteiger partial charge in [-0.3, -0.25) is 4.79 Å². The third-order valence-electron chi connectivity index (χ3n) is 3.54. The maximum Gasteiger partial charge on any atom is 0.317 e. The maximum absolute atomic E-state index is 11.9. The lowest BCUT2D eigenvalue weighted by Crippen LogP contribution is -2.40. The molecule has 0 aromatic carbocycles. The van der Waals surface area contributed by atoms with Crippen LogP contribution in [0.1, 0.15) is 36.8 Å². The van der Waals surface area contributed by atoms with Gasteiger partial charge in [-0.1, -0.05) is 18.5 Å². The zero-order valence-electron chi connectivity index (χ0n) is 13.3. The highest BCUT2D eigenvalue weighted by Gasteiger charge is 2.29. The number of hydroxylamine groups is 1. The molecule has 0 aliphatic carbocycles. The predicted octanol–water partition coefficient (Wildman–Crippen LogP) is 1.30. The van der Waals surface area contributed by atoms with Gasteiger partial charge in [0.1, 0.15) is 5.76 Å². The van der Waals surface area contributed by atoms with Crippen LogP contribution in [0.25, 0.3) is 6.08 Å². The SMILES string of the molecule is CCCCc1noc(C)c1/C=C/C1=CC(C(=O)NCCO)=[N+]1[O-]. The fourth-order valence-corrected chi connectivity index (χ4v) is 2.20. The summed E-state index contributed by atoms with van der Waals surface area (Å²) in [4.78, 5) is 11.6. The van der Waals surface area contributed by atoms with Crippen LogP contribution in [0.2, 0.25) is 0 Å². The normalized spacial score (nSPS) is 14.1. The van der Waals surface area contributed by atoms with Crippen LogP contribution >= 0.6 is 0 Å².